The Hall–Kier alpha value is -1.88. The van der Waals surface area contributed by atoms with E-state index in [1.165, 1.54) is 11.3 Å². The second-order valence-electron chi connectivity index (χ2n) is 6.48. The van der Waals surface area contributed by atoms with E-state index in [1.54, 1.807) is 0 Å². The molecule has 1 aromatic carbocycles. The fourth-order valence-electron chi connectivity index (χ4n) is 3.25. The van der Waals surface area contributed by atoms with Crippen molar-refractivity contribution in [2.75, 3.05) is 6.54 Å². The Morgan fingerprint density at radius 1 is 1.17 bits per heavy atom. The van der Waals surface area contributed by atoms with E-state index in [9.17, 15) is 14.4 Å². The Labute approximate surface area is 146 Å². The maximum atomic E-state index is 12.3. The molecule has 2 aliphatic rings. The first-order valence-corrected chi connectivity index (χ1v) is 8.80. The Kier molecular flexibility index (Phi) is 5.19. The van der Waals surface area contributed by atoms with Crippen LogP contribution in [0.25, 0.3) is 0 Å². The SMILES string of the molecule is O=C(CCN1C(=O)CCC1=O)NC(c1ccc(Cl)cc1)C1CCC1. The van der Waals surface area contributed by atoms with Crippen LogP contribution in [0.5, 0.6) is 0 Å². The second-order valence-corrected chi connectivity index (χ2v) is 6.91. The first-order chi connectivity index (χ1) is 11.5. The number of rotatable bonds is 6. The zero-order valence-electron chi connectivity index (χ0n) is 13.5. The highest BCUT2D eigenvalue weighted by molar-refractivity contribution is 6.30. The molecular weight excluding hydrogens is 328 g/mol. The van der Waals surface area contributed by atoms with Crippen LogP contribution in [-0.4, -0.2) is 29.2 Å². The zero-order valence-corrected chi connectivity index (χ0v) is 14.2. The molecule has 1 aliphatic heterocycles. The molecule has 24 heavy (non-hydrogen) atoms. The minimum absolute atomic E-state index is 0.0338. The van der Waals surface area contributed by atoms with Crippen molar-refractivity contribution in [3.63, 3.8) is 0 Å². The van der Waals surface area contributed by atoms with Crippen molar-refractivity contribution < 1.29 is 14.4 Å². The van der Waals surface area contributed by atoms with E-state index < -0.39 is 0 Å². The molecule has 1 saturated heterocycles. The molecule has 0 bridgehead atoms. The number of nitrogens with one attached hydrogen (secondary N) is 1. The van der Waals surface area contributed by atoms with Gasteiger partial charge in [0.05, 0.1) is 6.04 Å². The summed E-state index contributed by atoms with van der Waals surface area (Å²) in [5, 5.41) is 3.75. The van der Waals surface area contributed by atoms with Crippen molar-refractivity contribution in [3.05, 3.63) is 34.9 Å². The van der Waals surface area contributed by atoms with Gasteiger partial charge in [0, 0.05) is 30.8 Å². The summed E-state index contributed by atoms with van der Waals surface area (Å²) in [7, 11) is 0. The smallest absolute Gasteiger partial charge is 0.229 e. The summed E-state index contributed by atoms with van der Waals surface area (Å²) >= 11 is 5.94. The summed E-state index contributed by atoms with van der Waals surface area (Å²) in [6.07, 6.45) is 4.04. The molecular formula is C18H21ClN2O3. The van der Waals surface area contributed by atoms with E-state index in [0.717, 1.165) is 18.4 Å². The molecule has 3 rings (SSSR count). The molecule has 1 atom stereocenters. The third-order valence-electron chi connectivity index (χ3n) is 4.88. The number of amides is 3. The average Bonchev–Trinajstić information content (AvgIpc) is 2.82. The van der Waals surface area contributed by atoms with E-state index in [2.05, 4.69) is 5.32 Å². The van der Waals surface area contributed by atoms with Crippen LogP contribution < -0.4 is 5.32 Å². The maximum absolute atomic E-state index is 12.3. The number of carbonyl (C=O) groups is 3. The van der Waals surface area contributed by atoms with Crippen LogP contribution in [0.4, 0.5) is 0 Å². The third-order valence-corrected chi connectivity index (χ3v) is 5.14. The van der Waals surface area contributed by atoms with Gasteiger partial charge in [0.1, 0.15) is 0 Å². The highest BCUT2D eigenvalue weighted by Gasteiger charge is 2.31. The lowest BCUT2D eigenvalue weighted by molar-refractivity contribution is -0.138. The van der Waals surface area contributed by atoms with Gasteiger partial charge in [-0.1, -0.05) is 30.2 Å². The predicted molar refractivity (Wildman–Crippen MR) is 90.2 cm³/mol. The largest absolute Gasteiger partial charge is 0.349 e. The molecule has 1 saturated carbocycles. The van der Waals surface area contributed by atoms with E-state index in [0.29, 0.717) is 10.9 Å². The van der Waals surface area contributed by atoms with Gasteiger partial charge in [0.15, 0.2) is 0 Å². The third kappa shape index (κ3) is 3.78. The molecule has 0 radical (unpaired) electrons. The van der Waals surface area contributed by atoms with Crippen LogP contribution in [0.2, 0.25) is 5.02 Å². The van der Waals surface area contributed by atoms with E-state index in [4.69, 9.17) is 11.6 Å². The van der Waals surface area contributed by atoms with Crippen molar-refractivity contribution in [2.45, 2.75) is 44.6 Å². The van der Waals surface area contributed by atoms with Crippen LogP contribution in [0.3, 0.4) is 0 Å². The van der Waals surface area contributed by atoms with Gasteiger partial charge < -0.3 is 5.32 Å². The highest BCUT2D eigenvalue weighted by atomic mass is 35.5. The molecule has 1 aromatic rings. The summed E-state index contributed by atoms with van der Waals surface area (Å²) in [5.74, 6) is -0.0541. The lowest BCUT2D eigenvalue weighted by Gasteiger charge is -2.34. The van der Waals surface area contributed by atoms with Gasteiger partial charge in [-0.15, -0.1) is 0 Å². The molecule has 1 unspecified atom stereocenters. The lowest BCUT2D eigenvalue weighted by atomic mass is 9.77. The average molecular weight is 349 g/mol. The topological polar surface area (TPSA) is 66.5 Å². The van der Waals surface area contributed by atoms with Gasteiger partial charge in [0.25, 0.3) is 0 Å². The Morgan fingerprint density at radius 3 is 2.33 bits per heavy atom. The van der Waals surface area contributed by atoms with Gasteiger partial charge in [-0.25, -0.2) is 0 Å². The summed E-state index contributed by atoms with van der Waals surface area (Å²) < 4.78 is 0. The van der Waals surface area contributed by atoms with E-state index >= 15 is 0 Å². The molecule has 3 amide bonds. The molecule has 1 aliphatic carbocycles. The lowest BCUT2D eigenvalue weighted by Crippen LogP contribution is -2.38. The van der Waals surface area contributed by atoms with Gasteiger partial charge in [-0.3, -0.25) is 19.3 Å². The fourth-order valence-corrected chi connectivity index (χ4v) is 3.37. The highest BCUT2D eigenvalue weighted by Crippen LogP contribution is 2.38. The van der Waals surface area contributed by atoms with Crippen LogP contribution >= 0.6 is 11.6 Å². The number of halogens is 1. The summed E-state index contributed by atoms with van der Waals surface area (Å²) in [6.45, 7) is 0.168. The summed E-state index contributed by atoms with van der Waals surface area (Å²) in [6, 6.07) is 7.51. The van der Waals surface area contributed by atoms with Crippen LogP contribution in [0.1, 0.15) is 50.1 Å². The molecule has 1 N–H and O–H groups in total. The molecule has 128 valence electrons. The van der Waals surface area contributed by atoms with Crippen LogP contribution in [0, 0.1) is 5.92 Å². The number of imide groups is 1. The van der Waals surface area contributed by atoms with E-state index in [-0.39, 0.29) is 49.6 Å². The molecule has 0 spiro atoms. The molecule has 1 heterocycles. The van der Waals surface area contributed by atoms with Crippen molar-refractivity contribution >= 4 is 29.3 Å². The standard InChI is InChI=1S/C18H21ClN2O3/c19-14-6-4-13(5-7-14)18(12-2-1-3-12)20-15(22)10-11-21-16(23)8-9-17(21)24/h4-7,12,18H,1-3,8-11H2,(H,20,22). The monoisotopic (exact) mass is 348 g/mol. The molecule has 0 aromatic heterocycles. The van der Waals surface area contributed by atoms with Gasteiger partial charge in [-0.05, 0) is 36.5 Å². The van der Waals surface area contributed by atoms with Crippen molar-refractivity contribution in [2.24, 2.45) is 5.92 Å². The maximum Gasteiger partial charge on any atom is 0.229 e. The number of carbonyl (C=O) groups excluding carboxylic acids is 3. The quantitative estimate of drug-likeness (QED) is 0.804. The first kappa shape index (κ1) is 17.0. The molecule has 2 fully saturated rings. The predicted octanol–water partition coefficient (Wildman–Crippen LogP) is 2.84. The Morgan fingerprint density at radius 2 is 1.79 bits per heavy atom. The minimum Gasteiger partial charge on any atom is -0.349 e. The Balaban J connectivity index is 1.60. The van der Waals surface area contributed by atoms with E-state index in [1.807, 2.05) is 24.3 Å². The Bertz CT molecular complexity index is 624. The number of hydrogen-bond acceptors (Lipinski definition) is 3. The zero-order chi connectivity index (χ0) is 17.1. The van der Waals surface area contributed by atoms with Crippen molar-refractivity contribution in [3.8, 4) is 0 Å². The number of nitrogens with zero attached hydrogens (tertiary/aromatic N) is 1. The van der Waals surface area contributed by atoms with Gasteiger partial charge in [0.2, 0.25) is 17.7 Å². The van der Waals surface area contributed by atoms with Crippen LogP contribution in [0.15, 0.2) is 24.3 Å². The summed E-state index contributed by atoms with van der Waals surface area (Å²) in [4.78, 5) is 36.7. The molecule has 6 heteroatoms. The van der Waals surface area contributed by atoms with Gasteiger partial charge in [-0.2, -0.15) is 0 Å². The number of hydrogen-bond donors (Lipinski definition) is 1. The normalized spacial score (nSPS) is 19.3. The van der Waals surface area contributed by atoms with Gasteiger partial charge >= 0.3 is 0 Å². The van der Waals surface area contributed by atoms with Crippen LogP contribution in [-0.2, 0) is 14.4 Å². The minimum atomic E-state index is -0.180. The molecule has 5 nitrogen and oxygen atoms in total. The fraction of sp³-hybridized carbons (Fsp3) is 0.500. The van der Waals surface area contributed by atoms with Crippen molar-refractivity contribution in [1.82, 2.24) is 10.2 Å². The second kappa shape index (κ2) is 7.34. The number of benzene rings is 1. The first-order valence-electron chi connectivity index (χ1n) is 8.42. The number of likely N-dealkylation sites (tertiary alicyclic amines) is 1. The van der Waals surface area contributed by atoms with Crippen molar-refractivity contribution in [1.29, 1.82) is 0 Å². The summed E-state index contributed by atoms with van der Waals surface area (Å²) in [5.41, 5.74) is 1.05.